The standard InChI is InChI=1S/C26H24ClF2N5O3/c1-14-11-31-19(18-4-7-30-25(33-18)26(36)5-3-6-26)10-21(14)34-15(2)8-22(23(27)24(34)35)37-13-20-17(29)9-16(28)12-32-20/h4,7-10,12,14,36H,3,5-6,11,13H2,1-2H3/t14-/m0/s1. The van der Waals surface area contributed by atoms with E-state index in [4.69, 9.17) is 16.3 Å². The van der Waals surface area contributed by atoms with Gasteiger partial charge in [0.15, 0.2) is 11.6 Å². The number of aromatic nitrogens is 4. The van der Waals surface area contributed by atoms with Gasteiger partial charge in [-0.2, -0.15) is 0 Å². The Labute approximate surface area is 216 Å². The predicted molar refractivity (Wildman–Crippen MR) is 134 cm³/mol. The zero-order valence-electron chi connectivity index (χ0n) is 20.2. The van der Waals surface area contributed by atoms with Crippen LogP contribution in [0, 0.1) is 24.5 Å². The van der Waals surface area contributed by atoms with Gasteiger partial charge in [0.1, 0.15) is 34.5 Å². The van der Waals surface area contributed by atoms with Crippen molar-refractivity contribution in [2.45, 2.75) is 45.3 Å². The van der Waals surface area contributed by atoms with Crippen LogP contribution in [-0.4, -0.2) is 36.9 Å². The summed E-state index contributed by atoms with van der Waals surface area (Å²) in [5.74, 6) is -1.31. The Hall–Kier alpha value is -3.50. The van der Waals surface area contributed by atoms with Gasteiger partial charge in [-0.3, -0.25) is 19.3 Å². The molecule has 0 spiro atoms. The second-order valence-corrected chi connectivity index (χ2v) is 9.70. The maximum Gasteiger partial charge on any atom is 0.277 e. The average molecular weight is 528 g/mol. The highest BCUT2D eigenvalue weighted by atomic mass is 35.5. The molecule has 1 saturated carbocycles. The quantitative estimate of drug-likeness (QED) is 0.515. The van der Waals surface area contributed by atoms with Gasteiger partial charge in [0.2, 0.25) is 0 Å². The number of aryl methyl sites for hydroxylation is 1. The van der Waals surface area contributed by atoms with Crippen LogP contribution in [0.4, 0.5) is 8.78 Å². The number of nitrogens with zero attached hydrogens (tertiary/aromatic N) is 5. The van der Waals surface area contributed by atoms with E-state index in [1.165, 1.54) is 4.57 Å². The topological polar surface area (TPSA) is 102 Å². The number of aliphatic imine (C=N–C) groups is 1. The van der Waals surface area contributed by atoms with E-state index in [0.29, 0.717) is 54.1 Å². The third-order valence-electron chi connectivity index (χ3n) is 6.65. The van der Waals surface area contributed by atoms with Gasteiger partial charge in [0.25, 0.3) is 5.56 Å². The van der Waals surface area contributed by atoms with Crippen molar-refractivity contribution >= 4 is 23.0 Å². The molecular weight excluding hydrogens is 504 g/mol. The molecule has 0 amide bonds. The highest BCUT2D eigenvalue weighted by molar-refractivity contribution is 6.31. The van der Waals surface area contributed by atoms with Crippen molar-refractivity contribution in [3.05, 3.63) is 86.6 Å². The summed E-state index contributed by atoms with van der Waals surface area (Å²) in [4.78, 5) is 30.4. The summed E-state index contributed by atoms with van der Waals surface area (Å²) in [6.07, 6.45) is 6.43. The zero-order valence-corrected chi connectivity index (χ0v) is 21.0. The number of aliphatic hydroxyl groups is 1. The Morgan fingerprint density at radius 3 is 2.76 bits per heavy atom. The molecule has 0 unspecified atom stereocenters. The Morgan fingerprint density at radius 1 is 1.27 bits per heavy atom. The first-order valence-electron chi connectivity index (χ1n) is 11.8. The summed E-state index contributed by atoms with van der Waals surface area (Å²) in [5, 5.41) is 10.5. The summed E-state index contributed by atoms with van der Waals surface area (Å²) < 4.78 is 34.1. The molecule has 3 aromatic heterocycles. The lowest BCUT2D eigenvalue weighted by atomic mass is 9.79. The first-order chi connectivity index (χ1) is 17.7. The lowest BCUT2D eigenvalue weighted by Crippen LogP contribution is -2.36. The molecular formula is C26H24ClF2N5O3. The lowest BCUT2D eigenvalue weighted by Gasteiger charge is -2.34. The molecule has 0 saturated heterocycles. The number of allylic oxidation sites excluding steroid dienone is 1. The van der Waals surface area contributed by atoms with Crippen LogP contribution in [0.5, 0.6) is 5.75 Å². The Bertz CT molecular complexity index is 1500. The van der Waals surface area contributed by atoms with Crippen LogP contribution in [0.2, 0.25) is 5.02 Å². The first kappa shape index (κ1) is 25.2. The Balaban J connectivity index is 1.45. The minimum absolute atomic E-state index is 0.0677. The molecule has 1 fully saturated rings. The van der Waals surface area contributed by atoms with Crippen molar-refractivity contribution < 1.29 is 18.6 Å². The third kappa shape index (κ3) is 4.78. The molecule has 0 radical (unpaired) electrons. The molecule has 2 aliphatic rings. The molecule has 11 heteroatoms. The van der Waals surface area contributed by atoms with Gasteiger partial charge >= 0.3 is 0 Å². The minimum atomic E-state index is -1.01. The van der Waals surface area contributed by atoms with Crippen molar-refractivity contribution in [2.24, 2.45) is 10.9 Å². The Morgan fingerprint density at radius 2 is 2.05 bits per heavy atom. The monoisotopic (exact) mass is 527 g/mol. The second kappa shape index (κ2) is 9.75. The van der Waals surface area contributed by atoms with Crippen LogP contribution in [0.25, 0.3) is 5.70 Å². The molecule has 1 aliphatic carbocycles. The minimum Gasteiger partial charge on any atom is -0.485 e. The fraction of sp³-hybridized carbons (Fsp3) is 0.346. The van der Waals surface area contributed by atoms with E-state index in [1.54, 1.807) is 31.3 Å². The Kier molecular flexibility index (Phi) is 6.63. The van der Waals surface area contributed by atoms with Gasteiger partial charge in [-0.25, -0.2) is 18.7 Å². The van der Waals surface area contributed by atoms with Crippen molar-refractivity contribution in [3.8, 4) is 5.75 Å². The molecule has 4 heterocycles. The molecule has 0 bridgehead atoms. The van der Waals surface area contributed by atoms with Crippen LogP contribution < -0.4 is 10.3 Å². The molecule has 192 valence electrons. The van der Waals surface area contributed by atoms with Crippen molar-refractivity contribution in [2.75, 3.05) is 6.54 Å². The molecule has 37 heavy (non-hydrogen) atoms. The van der Waals surface area contributed by atoms with E-state index in [-0.39, 0.29) is 29.0 Å². The van der Waals surface area contributed by atoms with E-state index >= 15 is 0 Å². The molecule has 0 aromatic carbocycles. The molecule has 1 atom stereocenters. The van der Waals surface area contributed by atoms with E-state index < -0.39 is 22.8 Å². The molecule has 1 aliphatic heterocycles. The molecule has 1 N–H and O–H groups in total. The van der Waals surface area contributed by atoms with E-state index in [9.17, 15) is 18.7 Å². The maximum atomic E-state index is 13.9. The van der Waals surface area contributed by atoms with Gasteiger partial charge in [0.05, 0.1) is 17.6 Å². The van der Waals surface area contributed by atoms with Crippen LogP contribution in [0.3, 0.4) is 0 Å². The predicted octanol–water partition coefficient (Wildman–Crippen LogP) is 4.20. The fourth-order valence-electron chi connectivity index (χ4n) is 4.36. The smallest absolute Gasteiger partial charge is 0.277 e. The van der Waals surface area contributed by atoms with Crippen LogP contribution in [0.1, 0.15) is 49.1 Å². The molecule has 8 nitrogen and oxygen atoms in total. The first-order valence-corrected chi connectivity index (χ1v) is 12.2. The van der Waals surface area contributed by atoms with E-state index in [0.717, 1.165) is 12.6 Å². The van der Waals surface area contributed by atoms with Crippen molar-refractivity contribution in [1.82, 2.24) is 19.5 Å². The second-order valence-electron chi connectivity index (χ2n) is 9.32. The van der Waals surface area contributed by atoms with E-state index in [2.05, 4.69) is 19.9 Å². The summed E-state index contributed by atoms with van der Waals surface area (Å²) in [6.45, 7) is 3.77. The summed E-state index contributed by atoms with van der Waals surface area (Å²) in [7, 11) is 0. The van der Waals surface area contributed by atoms with Crippen molar-refractivity contribution in [3.63, 3.8) is 0 Å². The number of dihydropyridines is 1. The average Bonchev–Trinajstić information content (AvgIpc) is 2.86. The molecule has 3 aromatic rings. The normalized spacial score (nSPS) is 18.6. The van der Waals surface area contributed by atoms with Crippen molar-refractivity contribution in [1.29, 1.82) is 0 Å². The number of pyridine rings is 2. The van der Waals surface area contributed by atoms with Gasteiger partial charge in [-0.15, -0.1) is 0 Å². The van der Waals surface area contributed by atoms with Gasteiger partial charge < -0.3 is 9.84 Å². The van der Waals surface area contributed by atoms with Crippen LogP contribution in [0.15, 0.2) is 46.5 Å². The number of rotatable bonds is 6. The van der Waals surface area contributed by atoms with Gasteiger partial charge in [-0.05, 0) is 38.3 Å². The fourth-order valence-corrected chi connectivity index (χ4v) is 4.55. The third-order valence-corrected chi connectivity index (χ3v) is 6.99. The zero-order chi connectivity index (χ0) is 26.3. The SMILES string of the molecule is Cc1cc(OCc2ncc(F)cc2F)c(Cl)c(=O)n1C1=CC(c2ccnc(C3(O)CCC3)n2)=NC[C@@H]1C. The summed E-state index contributed by atoms with van der Waals surface area (Å²) in [5.41, 5.74) is 0.725. The lowest BCUT2D eigenvalue weighted by molar-refractivity contribution is -0.0467. The summed E-state index contributed by atoms with van der Waals surface area (Å²) in [6, 6.07) is 4.01. The highest BCUT2D eigenvalue weighted by Gasteiger charge is 2.39. The van der Waals surface area contributed by atoms with Crippen LogP contribution in [-0.2, 0) is 12.2 Å². The van der Waals surface area contributed by atoms with Gasteiger partial charge in [-0.1, -0.05) is 18.5 Å². The number of hydrogen-bond acceptors (Lipinski definition) is 7. The van der Waals surface area contributed by atoms with Gasteiger partial charge in [0, 0.05) is 42.2 Å². The van der Waals surface area contributed by atoms with E-state index in [1.807, 2.05) is 6.92 Å². The largest absolute Gasteiger partial charge is 0.485 e. The van der Waals surface area contributed by atoms with Crippen LogP contribution >= 0.6 is 11.6 Å². The maximum absolute atomic E-state index is 13.9. The summed E-state index contributed by atoms with van der Waals surface area (Å²) >= 11 is 6.38. The molecule has 5 rings (SSSR count). The number of hydrogen-bond donors (Lipinski definition) is 1. The number of halogens is 3. The highest BCUT2D eigenvalue weighted by Crippen LogP contribution is 2.39. The number of ether oxygens (including phenoxy) is 1.